The van der Waals surface area contributed by atoms with Gasteiger partial charge in [0.15, 0.2) is 17.3 Å². The molecule has 0 saturated heterocycles. The summed E-state index contributed by atoms with van der Waals surface area (Å²) in [7, 11) is 1.40. The Balaban J connectivity index is 2.62. The average Bonchev–Trinajstić information content (AvgIpc) is 2.97. The van der Waals surface area contributed by atoms with Crippen molar-refractivity contribution in [3.8, 4) is 6.07 Å². The Hall–Kier alpha value is -2.75. The number of carbonyl (C=O) groups is 2. The summed E-state index contributed by atoms with van der Waals surface area (Å²) in [5, 5.41) is 16.4. The van der Waals surface area contributed by atoms with Crippen LogP contribution >= 0.6 is 0 Å². The minimum Gasteiger partial charge on any atom is -0.358 e. The number of Topliss-reactive ketones (excluding diaryl/α,β-unsaturated/α-hetero) is 1. The fraction of sp³-hybridized carbons (Fsp3) is 0.438. The van der Waals surface area contributed by atoms with Crippen molar-refractivity contribution in [1.29, 1.82) is 5.26 Å². The van der Waals surface area contributed by atoms with E-state index in [0.29, 0.717) is 22.3 Å². The molecule has 7 nitrogen and oxygen atoms in total. The molecule has 0 bridgehead atoms. The zero-order valence-corrected chi connectivity index (χ0v) is 13.6. The fourth-order valence-corrected chi connectivity index (χ4v) is 2.38. The van der Waals surface area contributed by atoms with Gasteiger partial charge in [0.25, 0.3) is 0 Å². The van der Waals surface area contributed by atoms with Crippen LogP contribution in [0.1, 0.15) is 42.4 Å². The molecule has 0 aliphatic rings. The maximum atomic E-state index is 12.6. The maximum Gasteiger partial charge on any atom is 0.245 e. The van der Waals surface area contributed by atoms with E-state index in [1.165, 1.54) is 7.05 Å². The van der Waals surface area contributed by atoms with Gasteiger partial charge in [-0.3, -0.25) is 9.59 Å². The van der Waals surface area contributed by atoms with E-state index in [-0.39, 0.29) is 6.04 Å². The van der Waals surface area contributed by atoms with Crippen molar-refractivity contribution in [1.82, 2.24) is 20.1 Å². The molecular formula is C16H19N5O2. The Bertz CT molecular complexity index is 803. The van der Waals surface area contributed by atoms with Crippen molar-refractivity contribution in [3.05, 3.63) is 23.5 Å². The van der Waals surface area contributed by atoms with Gasteiger partial charge in [0.05, 0.1) is 18.3 Å². The SMILES string of the molecule is CC[C@H](C)n1ncc2c(C(=O)[C@@H](C#N)C(=O)NC)cc(C)nc21. The van der Waals surface area contributed by atoms with Gasteiger partial charge in [-0.15, -0.1) is 0 Å². The first kappa shape index (κ1) is 16.6. The highest BCUT2D eigenvalue weighted by atomic mass is 16.2. The predicted molar refractivity (Wildman–Crippen MR) is 84.8 cm³/mol. The van der Waals surface area contributed by atoms with E-state index in [1.54, 1.807) is 29.9 Å². The number of nitriles is 1. The lowest BCUT2D eigenvalue weighted by Gasteiger charge is -2.12. The van der Waals surface area contributed by atoms with Crippen LogP contribution in [0.15, 0.2) is 12.3 Å². The summed E-state index contributed by atoms with van der Waals surface area (Å²) >= 11 is 0. The van der Waals surface area contributed by atoms with Crippen LogP contribution in [0.25, 0.3) is 11.0 Å². The number of ketones is 1. The monoisotopic (exact) mass is 313 g/mol. The smallest absolute Gasteiger partial charge is 0.245 e. The lowest BCUT2D eigenvalue weighted by atomic mass is 9.96. The second kappa shape index (κ2) is 6.57. The Morgan fingerprint density at radius 1 is 1.48 bits per heavy atom. The quantitative estimate of drug-likeness (QED) is 0.670. The molecule has 0 radical (unpaired) electrons. The summed E-state index contributed by atoms with van der Waals surface area (Å²) in [6.45, 7) is 5.82. The van der Waals surface area contributed by atoms with Gasteiger partial charge >= 0.3 is 0 Å². The van der Waals surface area contributed by atoms with Gasteiger partial charge in [-0.25, -0.2) is 9.67 Å². The van der Waals surface area contributed by atoms with Crippen LogP contribution in [0, 0.1) is 24.2 Å². The normalized spacial score (nSPS) is 13.3. The molecule has 0 spiro atoms. The standard InChI is InChI=1S/C16H19N5O2/c1-5-10(3)21-15-13(8-19-21)11(6-9(2)20-15)14(22)12(7-17)16(23)18-4/h6,8,10,12H,5H2,1-4H3,(H,18,23)/t10-,12+/m0/s1. The van der Waals surface area contributed by atoms with E-state index in [9.17, 15) is 9.59 Å². The third-order valence-corrected chi connectivity index (χ3v) is 3.87. The molecule has 0 aliphatic heterocycles. The molecule has 2 heterocycles. The molecule has 0 aromatic carbocycles. The lowest BCUT2D eigenvalue weighted by Crippen LogP contribution is -2.32. The van der Waals surface area contributed by atoms with Crippen LogP contribution < -0.4 is 5.32 Å². The molecule has 1 N–H and O–H groups in total. The molecule has 0 fully saturated rings. The summed E-state index contributed by atoms with van der Waals surface area (Å²) in [6.07, 6.45) is 2.44. The molecule has 2 rings (SSSR count). The molecule has 7 heteroatoms. The highest BCUT2D eigenvalue weighted by Gasteiger charge is 2.29. The summed E-state index contributed by atoms with van der Waals surface area (Å²) in [5.74, 6) is -2.53. The number of nitrogens with one attached hydrogen (secondary N) is 1. The number of rotatable bonds is 5. The zero-order valence-electron chi connectivity index (χ0n) is 13.6. The third kappa shape index (κ3) is 2.93. The van der Waals surface area contributed by atoms with E-state index in [2.05, 4.69) is 15.4 Å². The van der Waals surface area contributed by atoms with E-state index < -0.39 is 17.6 Å². The maximum absolute atomic E-state index is 12.6. The van der Waals surface area contributed by atoms with Crippen LogP contribution in [0.2, 0.25) is 0 Å². The molecule has 0 saturated carbocycles. The van der Waals surface area contributed by atoms with Gasteiger partial charge < -0.3 is 5.32 Å². The van der Waals surface area contributed by atoms with Crippen LogP contribution in [0.3, 0.4) is 0 Å². The van der Waals surface area contributed by atoms with Crippen LogP contribution in [0.5, 0.6) is 0 Å². The average molecular weight is 313 g/mol. The molecule has 0 unspecified atom stereocenters. The van der Waals surface area contributed by atoms with E-state index in [4.69, 9.17) is 5.26 Å². The molecule has 2 atom stereocenters. The van der Waals surface area contributed by atoms with Crippen molar-refractivity contribution < 1.29 is 9.59 Å². The van der Waals surface area contributed by atoms with E-state index in [1.807, 2.05) is 13.8 Å². The predicted octanol–water partition coefficient (Wildman–Crippen LogP) is 1.78. The van der Waals surface area contributed by atoms with Gasteiger partial charge in [-0.2, -0.15) is 10.4 Å². The number of hydrogen-bond acceptors (Lipinski definition) is 5. The topological polar surface area (TPSA) is 101 Å². The highest BCUT2D eigenvalue weighted by Crippen LogP contribution is 2.24. The summed E-state index contributed by atoms with van der Waals surface area (Å²) in [6, 6.07) is 3.50. The van der Waals surface area contributed by atoms with E-state index in [0.717, 1.165) is 6.42 Å². The molecule has 2 aromatic rings. The van der Waals surface area contributed by atoms with Crippen LogP contribution in [-0.2, 0) is 4.79 Å². The fourth-order valence-electron chi connectivity index (χ4n) is 2.38. The van der Waals surface area contributed by atoms with Gasteiger partial charge in [0.1, 0.15) is 0 Å². The van der Waals surface area contributed by atoms with Gasteiger partial charge in [0, 0.05) is 23.7 Å². The van der Waals surface area contributed by atoms with Crippen molar-refractivity contribution in [2.45, 2.75) is 33.2 Å². The summed E-state index contributed by atoms with van der Waals surface area (Å²) < 4.78 is 1.76. The van der Waals surface area contributed by atoms with Crippen LogP contribution in [0.4, 0.5) is 0 Å². The van der Waals surface area contributed by atoms with E-state index >= 15 is 0 Å². The molecular weight excluding hydrogens is 294 g/mol. The number of pyridine rings is 1. The van der Waals surface area contributed by atoms with Crippen molar-refractivity contribution >= 4 is 22.7 Å². The molecule has 1 amide bonds. The third-order valence-electron chi connectivity index (χ3n) is 3.87. The second-order valence-electron chi connectivity index (χ2n) is 5.44. The Labute approximate surface area is 134 Å². The Morgan fingerprint density at radius 2 is 2.17 bits per heavy atom. The zero-order chi connectivity index (χ0) is 17.1. The van der Waals surface area contributed by atoms with Crippen molar-refractivity contribution in [2.75, 3.05) is 7.05 Å². The first-order valence-electron chi connectivity index (χ1n) is 7.44. The number of hydrogen-bond donors (Lipinski definition) is 1. The number of amides is 1. The molecule has 120 valence electrons. The largest absolute Gasteiger partial charge is 0.358 e. The number of nitrogens with zero attached hydrogens (tertiary/aromatic N) is 4. The Kier molecular flexibility index (Phi) is 4.74. The first-order valence-corrected chi connectivity index (χ1v) is 7.44. The summed E-state index contributed by atoms with van der Waals surface area (Å²) in [5.41, 5.74) is 1.54. The number of fused-ring (bicyclic) bond motifs is 1. The highest BCUT2D eigenvalue weighted by molar-refractivity contribution is 6.16. The van der Waals surface area contributed by atoms with Crippen molar-refractivity contribution in [3.63, 3.8) is 0 Å². The number of carbonyl (C=O) groups excluding carboxylic acids is 2. The molecule has 0 aliphatic carbocycles. The van der Waals surface area contributed by atoms with Gasteiger partial charge in [0.2, 0.25) is 5.91 Å². The number of aromatic nitrogens is 3. The second-order valence-corrected chi connectivity index (χ2v) is 5.44. The minimum atomic E-state index is -1.38. The Morgan fingerprint density at radius 3 is 2.74 bits per heavy atom. The lowest BCUT2D eigenvalue weighted by molar-refractivity contribution is -0.121. The van der Waals surface area contributed by atoms with Crippen LogP contribution in [-0.4, -0.2) is 33.5 Å². The van der Waals surface area contributed by atoms with Crippen molar-refractivity contribution in [2.24, 2.45) is 5.92 Å². The minimum absolute atomic E-state index is 0.135. The summed E-state index contributed by atoms with van der Waals surface area (Å²) in [4.78, 5) is 28.9. The van der Waals surface area contributed by atoms with Gasteiger partial charge in [-0.1, -0.05) is 6.92 Å². The molecule has 23 heavy (non-hydrogen) atoms. The first-order chi connectivity index (χ1) is 10.9. The molecule has 2 aromatic heterocycles. The van der Waals surface area contributed by atoms with Gasteiger partial charge in [-0.05, 0) is 26.3 Å². The number of aryl methyl sites for hydroxylation is 1.